The van der Waals surface area contributed by atoms with Crippen LogP contribution >= 0.6 is 12.4 Å². The fraction of sp³-hybridized carbons (Fsp3) is 0.529. The highest BCUT2D eigenvalue weighted by Gasteiger charge is 2.51. The molecular weight excluding hydrogens is 326 g/mol. The van der Waals surface area contributed by atoms with Crippen LogP contribution in [0.15, 0.2) is 41.1 Å². The van der Waals surface area contributed by atoms with Crippen LogP contribution in [0, 0.1) is 0 Å². The van der Waals surface area contributed by atoms with Crippen LogP contribution in [0.4, 0.5) is 5.88 Å². The minimum absolute atomic E-state index is 0. The van der Waals surface area contributed by atoms with Gasteiger partial charge in [0.1, 0.15) is 17.0 Å². The molecule has 1 aromatic heterocycles. The number of nitrogens with one attached hydrogen (secondary N) is 1. The van der Waals surface area contributed by atoms with E-state index in [4.69, 9.17) is 10.3 Å². The molecule has 0 bridgehead atoms. The molecule has 0 unspecified atom stereocenters. The summed E-state index contributed by atoms with van der Waals surface area (Å²) < 4.78 is 4.95. The molecule has 0 saturated carbocycles. The lowest BCUT2D eigenvalue weighted by Gasteiger charge is -2.50. The molecular formula is C17H26ClN5O. The van der Waals surface area contributed by atoms with Crippen LogP contribution in [-0.2, 0) is 6.54 Å². The number of halogens is 1. The Morgan fingerprint density at radius 2 is 1.71 bits per heavy atom. The van der Waals surface area contributed by atoms with E-state index in [0.717, 1.165) is 19.6 Å². The molecule has 0 radical (unpaired) electrons. The molecule has 132 valence electrons. The lowest BCUT2D eigenvalue weighted by atomic mass is 9.89. The van der Waals surface area contributed by atoms with Crippen molar-refractivity contribution in [3.8, 4) is 0 Å². The predicted molar refractivity (Wildman–Crippen MR) is 96.0 cm³/mol. The van der Waals surface area contributed by atoms with Gasteiger partial charge in [0.15, 0.2) is 0 Å². The van der Waals surface area contributed by atoms with Gasteiger partial charge in [0, 0.05) is 19.6 Å². The molecule has 0 aliphatic carbocycles. The quantitative estimate of drug-likeness (QED) is 0.797. The summed E-state index contributed by atoms with van der Waals surface area (Å²) in [5.41, 5.74) is 8.65. The number of piperazine rings is 1. The maximum atomic E-state index is 7.59. The van der Waals surface area contributed by atoms with E-state index in [1.807, 2.05) is 0 Å². The first-order chi connectivity index (χ1) is 10.8. The monoisotopic (exact) mass is 351 g/mol. The summed E-state index contributed by atoms with van der Waals surface area (Å²) in [4.78, 5) is 4.16. The van der Waals surface area contributed by atoms with Gasteiger partial charge < -0.3 is 10.3 Å². The van der Waals surface area contributed by atoms with Crippen LogP contribution in [0.2, 0.25) is 0 Å². The summed E-state index contributed by atoms with van der Waals surface area (Å²) in [6, 6.07) is 10.6. The highest BCUT2D eigenvalue weighted by atomic mass is 35.5. The van der Waals surface area contributed by atoms with E-state index >= 15 is 0 Å². The van der Waals surface area contributed by atoms with E-state index in [1.165, 1.54) is 5.56 Å². The second-order valence-corrected chi connectivity index (χ2v) is 7.55. The van der Waals surface area contributed by atoms with E-state index in [-0.39, 0.29) is 29.4 Å². The van der Waals surface area contributed by atoms with Crippen molar-refractivity contribution in [3.63, 3.8) is 0 Å². The van der Waals surface area contributed by atoms with Crippen LogP contribution in [0.5, 0.6) is 0 Å². The summed E-state index contributed by atoms with van der Waals surface area (Å²) in [5.74, 6) is 0.0725. The van der Waals surface area contributed by atoms with Gasteiger partial charge in [0.25, 0.3) is 6.20 Å². The lowest BCUT2D eigenvalue weighted by molar-refractivity contribution is -0.774. The molecule has 24 heavy (non-hydrogen) atoms. The minimum Gasteiger partial charge on any atom is -0.660 e. The molecule has 1 saturated heterocycles. The third-order valence-electron chi connectivity index (χ3n) is 4.28. The SMILES string of the molecule is CC1(C)CN(Cc2ccccc2)CC(C)(C)N1[n+]1cc([NH-])on1.Cl. The first-order valence-electron chi connectivity index (χ1n) is 7.95. The van der Waals surface area contributed by atoms with Crippen molar-refractivity contribution in [2.45, 2.75) is 45.3 Å². The van der Waals surface area contributed by atoms with Gasteiger partial charge in [-0.05, 0) is 33.3 Å². The fourth-order valence-electron chi connectivity index (χ4n) is 3.94. The Labute approximate surface area is 149 Å². The Balaban J connectivity index is 0.00000208. The number of aromatic nitrogens is 2. The van der Waals surface area contributed by atoms with Crippen LogP contribution in [0.1, 0.15) is 33.3 Å². The van der Waals surface area contributed by atoms with E-state index in [9.17, 15) is 0 Å². The largest absolute Gasteiger partial charge is 0.660 e. The Morgan fingerprint density at radius 1 is 1.12 bits per heavy atom. The zero-order valence-electron chi connectivity index (χ0n) is 14.7. The first kappa shape index (κ1) is 18.5. The Bertz CT molecular complexity index is 653. The predicted octanol–water partition coefficient (Wildman–Crippen LogP) is 3.08. The zero-order chi connectivity index (χ0) is 16.7. The molecule has 0 atom stereocenters. The Kier molecular flexibility index (Phi) is 5.11. The van der Waals surface area contributed by atoms with Crippen molar-refractivity contribution < 1.29 is 9.31 Å². The molecule has 0 spiro atoms. The van der Waals surface area contributed by atoms with Crippen molar-refractivity contribution in [2.75, 3.05) is 18.1 Å². The Morgan fingerprint density at radius 3 is 2.21 bits per heavy atom. The van der Waals surface area contributed by atoms with Gasteiger partial charge in [0.2, 0.25) is 5.27 Å². The average Bonchev–Trinajstić information content (AvgIpc) is 2.82. The summed E-state index contributed by atoms with van der Waals surface area (Å²) in [6.07, 6.45) is 1.62. The van der Waals surface area contributed by atoms with E-state index < -0.39 is 0 Å². The van der Waals surface area contributed by atoms with Gasteiger partial charge in [-0.2, -0.15) is 0 Å². The number of hydrogen-bond acceptors (Lipinski definition) is 4. The third kappa shape index (κ3) is 3.65. The number of rotatable bonds is 3. The van der Waals surface area contributed by atoms with Crippen molar-refractivity contribution in [1.29, 1.82) is 0 Å². The standard InChI is InChI=1S/C17H25N5O.ClH/c1-16(2)12-20(10-14-8-6-5-7-9-14)13-17(3,4)22(16)21-11-15(18)23-19-21;/h5-9,11,18H,10,12-13H2,1-4H3;1H. The average molecular weight is 352 g/mol. The highest BCUT2D eigenvalue weighted by molar-refractivity contribution is 5.85. The third-order valence-corrected chi connectivity index (χ3v) is 4.28. The van der Waals surface area contributed by atoms with E-state index in [0.29, 0.717) is 0 Å². The molecule has 1 N–H and O–H groups in total. The molecule has 7 heteroatoms. The van der Waals surface area contributed by atoms with Gasteiger partial charge in [-0.25, -0.2) is 0 Å². The van der Waals surface area contributed by atoms with Crippen LogP contribution in [-0.4, -0.2) is 34.3 Å². The highest BCUT2D eigenvalue weighted by Crippen LogP contribution is 2.29. The Hall–Kier alpha value is -1.79. The van der Waals surface area contributed by atoms with Gasteiger partial charge in [-0.3, -0.25) is 4.90 Å². The van der Waals surface area contributed by atoms with Gasteiger partial charge in [-0.15, -0.1) is 17.4 Å². The van der Waals surface area contributed by atoms with E-state index in [2.05, 4.69) is 73.2 Å². The van der Waals surface area contributed by atoms with E-state index in [1.54, 1.807) is 11.0 Å². The molecule has 1 aromatic carbocycles. The van der Waals surface area contributed by atoms with Crippen LogP contribution in [0.25, 0.3) is 5.73 Å². The van der Waals surface area contributed by atoms with Crippen LogP contribution < -0.4 is 9.80 Å². The fourth-order valence-corrected chi connectivity index (χ4v) is 3.94. The van der Waals surface area contributed by atoms with Crippen LogP contribution in [0.3, 0.4) is 0 Å². The smallest absolute Gasteiger partial charge is 0.256 e. The molecule has 1 aliphatic heterocycles. The second kappa shape index (κ2) is 6.61. The maximum absolute atomic E-state index is 7.59. The molecule has 2 aromatic rings. The minimum atomic E-state index is -0.134. The molecule has 6 nitrogen and oxygen atoms in total. The van der Waals surface area contributed by atoms with Gasteiger partial charge in [-0.1, -0.05) is 30.3 Å². The number of nitrogens with zero attached hydrogens (tertiary/aromatic N) is 4. The molecule has 3 rings (SSSR count). The molecule has 1 aliphatic rings. The molecule has 0 amide bonds. The van der Waals surface area contributed by atoms with Crippen molar-refractivity contribution >= 4 is 18.3 Å². The van der Waals surface area contributed by atoms with Crippen molar-refractivity contribution in [1.82, 2.24) is 10.2 Å². The number of benzene rings is 1. The van der Waals surface area contributed by atoms with Gasteiger partial charge in [0.05, 0.1) is 4.79 Å². The summed E-state index contributed by atoms with van der Waals surface area (Å²) in [6.45, 7) is 11.6. The van der Waals surface area contributed by atoms with Gasteiger partial charge >= 0.3 is 0 Å². The second-order valence-electron chi connectivity index (χ2n) is 7.55. The summed E-state index contributed by atoms with van der Waals surface area (Å²) in [5, 5.41) is 6.21. The summed E-state index contributed by atoms with van der Waals surface area (Å²) >= 11 is 0. The lowest BCUT2D eigenvalue weighted by Crippen LogP contribution is -2.81. The number of hydrogen-bond donors (Lipinski definition) is 0. The topological polar surface area (TPSA) is 60.2 Å². The maximum Gasteiger partial charge on any atom is 0.256 e. The van der Waals surface area contributed by atoms with Crippen molar-refractivity contribution in [3.05, 3.63) is 47.8 Å². The first-order valence-corrected chi connectivity index (χ1v) is 7.95. The normalized spacial score (nSPS) is 19.8. The van der Waals surface area contributed by atoms with Crippen molar-refractivity contribution in [2.24, 2.45) is 0 Å². The summed E-state index contributed by atoms with van der Waals surface area (Å²) in [7, 11) is 0. The zero-order valence-corrected chi connectivity index (χ0v) is 15.5. The molecule has 1 fully saturated rings. The molecule has 2 heterocycles.